The number of carbonyl (C=O) groups is 1. The fraction of sp³-hybridized carbons (Fsp3) is 0.462. The zero-order valence-corrected chi connectivity index (χ0v) is 14.1. The third kappa shape index (κ3) is 4.03. The average Bonchev–Trinajstić information content (AvgIpc) is 2.76. The molecular weight excluding hydrogens is 358 g/mol. The van der Waals surface area contributed by atoms with Gasteiger partial charge in [-0.25, -0.2) is 13.1 Å². The maximum Gasteiger partial charge on any atom is 0.241 e. The Labute approximate surface area is 132 Å². The minimum Gasteiger partial charge on any atom is -0.325 e. The highest BCUT2D eigenvalue weighted by Gasteiger charge is 2.24. The Kier molecular flexibility index (Phi) is 5.37. The third-order valence-electron chi connectivity index (χ3n) is 3.14. The highest BCUT2D eigenvalue weighted by molar-refractivity contribution is 9.10. The summed E-state index contributed by atoms with van der Waals surface area (Å²) in [6.07, 6.45) is 0.932. The van der Waals surface area contributed by atoms with Crippen LogP contribution in [0.1, 0.15) is 18.9 Å². The Morgan fingerprint density at radius 1 is 1.33 bits per heavy atom. The quantitative estimate of drug-likeness (QED) is 0.625. The zero-order valence-electron chi connectivity index (χ0n) is 11.7. The molecule has 0 saturated carbocycles. The van der Waals surface area contributed by atoms with E-state index in [9.17, 15) is 13.2 Å². The van der Waals surface area contributed by atoms with E-state index in [1.54, 1.807) is 12.1 Å². The number of amides is 1. The molecule has 1 aromatic rings. The fourth-order valence-electron chi connectivity index (χ4n) is 2.11. The Morgan fingerprint density at radius 3 is 2.81 bits per heavy atom. The van der Waals surface area contributed by atoms with Gasteiger partial charge in [0, 0.05) is 16.7 Å². The Hall–Kier alpha value is -0.960. The van der Waals surface area contributed by atoms with Crippen LogP contribution in [0.25, 0.3) is 0 Å². The highest BCUT2D eigenvalue weighted by Crippen LogP contribution is 2.32. The SMILES string of the molecule is CCNCCCNS(=O)(=O)c1cc2c(cc1Br)NC(=O)C2. The number of benzene rings is 1. The summed E-state index contributed by atoms with van der Waals surface area (Å²) in [5.41, 5.74) is 1.37. The van der Waals surface area contributed by atoms with Crippen molar-refractivity contribution in [3.8, 4) is 0 Å². The summed E-state index contributed by atoms with van der Waals surface area (Å²) in [6, 6.07) is 3.18. The smallest absolute Gasteiger partial charge is 0.241 e. The molecule has 116 valence electrons. The van der Waals surface area contributed by atoms with Crippen LogP contribution in [-0.2, 0) is 21.2 Å². The molecule has 3 N–H and O–H groups in total. The van der Waals surface area contributed by atoms with Gasteiger partial charge in [0.2, 0.25) is 15.9 Å². The van der Waals surface area contributed by atoms with Gasteiger partial charge >= 0.3 is 0 Å². The number of carbonyl (C=O) groups excluding carboxylic acids is 1. The zero-order chi connectivity index (χ0) is 15.5. The molecule has 0 bridgehead atoms. The summed E-state index contributed by atoms with van der Waals surface area (Å²) in [5, 5.41) is 5.83. The van der Waals surface area contributed by atoms with Crippen molar-refractivity contribution in [2.45, 2.75) is 24.7 Å². The fourth-order valence-corrected chi connectivity index (χ4v) is 4.27. The van der Waals surface area contributed by atoms with Crippen LogP contribution in [0.15, 0.2) is 21.5 Å². The van der Waals surface area contributed by atoms with E-state index in [1.165, 1.54) is 0 Å². The van der Waals surface area contributed by atoms with Crippen molar-refractivity contribution in [2.24, 2.45) is 0 Å². The third-order valence-corrected chi connectivity index (χ3v) is 5.56. The van der Waals surface area contributed by atoms with E-state index < -0.39 is 10.0 Å². The molecule has 1 aromatic carbocycles. The van der Waals surface area contributed by atoms with Crippen LogP contribution in [0, 0.1) is 0 Å². The molecule has 0 atom stereocenters. The molecule has 1 aliphatic rings. The normalized spacial score (nSPS) is 14.1. The van der Waals surface area contributed by atoms with Crippen LogP contribution < -0.4 is 15.4 Å². The molecular formula is C13H18BrN3O3S. The molecule has 2 rings (SSSR count). The van der Waals surface area contributed by atoms with E-state index >= 15 is 0 Å². The summed E-state index contributed by atoms with van der Waals surface area (Å²) in [7, 11) is -3.58. The number of hydrogen-bond acceptors (Lipinski definition) is 4. The number of hydrogen-bond donors (Lipinski definition) is 3. The van der Waals surface area contributed by atoms with Crippen LogP contribution >= 0.6 is 15.9 Å². The summed E-state index contributed by atoms with van der Waals surface area (Å²) in [6.45, 7) is 4.00. The molecule has 6 nitrogen and oxygen atoms in total. The van der Waals surface area contributed by atoms with Crippen molar-refractivity contribution >= 4 is 37.5 Å². The number of fused-ring (bicyclic) bond motifs is 1. The molecule has 0 unspecified atom stereocenters. The van der Waals surface area contributed by atoms with Crippen molar-refractivity contribution in [1.82, 2.24) is 10.0 Å². The van der Waals surface area contributed by atoms with E-state index in [-0.39, 0.29) is 17.2 Å². The summed E-state index contributed by atoms with van der Waals surface area (Å²) < 4.78 is 27.6. The van der Waals surface area contributed by atoms with Gasteiger partial charge in [0.05, 0.1) is 11.3 Å². The van der Waals surface area contributed by atoms with Gasteiger partial charge in [-0.1, -0.05) is 6.92 Å². The second-order valence-corrected chi connectivity index (χ2v) is 7.36. The first-order valence-electron chi connectivity index (χ1n) is 6.76. The number of rotatable bonds is 7. The first-order chi connectivity index (χ1) is 9.94. The van der Waals surface area contributed by atoms with Crippen molar-refractivity contribution < 1.29 is 13.2 Å². The number of nitrogens with one attached hydrogen (secondary N) is 3. The Bertz CT molecular complexity index is 646. The van der Waals surface area contributed by atoms with Crippen molar-refractivity contribution in [1.29, 1.82) is 0 Å². The Balaban J connectivity index is 2.10. The molecule has 0 aliphatic carbocycles. The molecule has 8 heteroatoms. The molecule has 0 spiro atoms. The van der Waals surface area contributed by atoms with Crippen LogP contribution in [-0.4, -0.2) is 34.0 Å². The van der Waals surface area contributed by atoms with Gasteiger partial charge in [-0.3, -0.25) is 4.79 Å². The second kappa shape index (κ2) is 6.87. The van der Waals surface area contributed by atoms with E-state index in [2.05, 4.69) is 31.3 Å². The molecule has 0 saturated heterocycles. The summed E-state index contributed by atoms with van der Waals surface area (Å²) in [5.74, 6) is -0.120. The van der Waals surface area contributed by atoms with E-state index in [0.29, 0.717) is 22.3 Å². The molecule has 1 heterocycles. The lowest BCUT2D eigenvalue weighted by Gasteiger charge is -2.10. The van der Waals surface area contributed by atoms with Crippen molar-refractivity contribution in [3.05, 3.63) is 22.2 Å². The van der Waals surface area contributed by atoms with Gasteiger partial charge in [-0.15, -0.1) is 0 Å². The van der Waals surface area contributed by atoms with Crippen LogP contribution in [0.4, 0.5) is 5.69 Å². The van der Waals surface area contributed by atoms with Crippen molar-refractivity contribution in [3.63, 3.8) is 0 Å². The highest BCUT2D eigenvalue weighted by atomic mass is 79.9. The number of sulfonamides is 1. The molecule has 1 amide bonds. The predicted molar refractivity (Wildman–Crippen MR) is 84.8 cm³/mol. The van der Waals surface area contributed by atoms with Gasteiger partial charge in [0.1, 0.15) is 0 Å². The molecule has 0 radical (unpaired) electrons. The lowest BCUT2D eigenvalue weighted by molar-refractivity contribution is -0.115. The summed E-state index contributed by atoms with van der Waals surface area (Å²) in [4.78, 5) is 11.5. The maximum absolute atomic E-state index is 12.3. The topological polar surface area (TPSA) is 87.3 Å². The average molecular weight is 376 g/mol. The second-order valence-electron chi connectivity index (χ2n) is 4.77. The van der Waals surface area contributed by atoms with Crippen molar-refractivity contribution in [2.75, 3.05) is 25.0 Å². The van der Waals surface area contributed by atoms with Gasteiger partial charge in [-0.05, 0) is 53.1 Å². The van der Waals surface area contributed by atoms with E-state index in [1.807, 2.05) is 6.92 Å². The first kappa shape index (κ1) is 16.4. The molecule has 0 aromatic heterocycles. The number of halogens is 1. The maximum atomic E-state index is 12.3. The van der Waals surface area contributed by atoms with Crippen LogP contribution in [0.5, 0.6) is 0 Å². The minimum atomic E-state index is -3.58. The standard InChI is InChI=1S/C13H18BrN3O3S/c1-2-15-4-3-5-16-21(19,20)12-6-9-7-13(18)17-11(9)8-10(12)14/h6,8,15-16H,2-5,7H2,1H3,(H,17,18). The minimum absolute atomic E-state index is 0.120. The van der Waals surface area contributed by atoms with Gasteiger partial charge in [0.15, 0.2) is 0 Å². The lowest BCUT2D eigenvalue weighted by atomic mass is 10.2. The van der Waals surface area contributed by atoms with Gasteiger partial charge in [-0.2, -0.15) is 0 Å². The van der Waals surface area contributed by atoms with E-state index in [4.69, 9.17) is 0 Å². The lowest BCUT2D eigenvalue weighted by Crippen LogP contribution is -2.27. The van der Waals surface area contributed by atoms with Gasteiger partial charge < -0.3 is 10.6 Å². The molecule has 21 heavy (non-hydrogen) atoms. The molecule has 0 fully saturated rings. The van der Waals surface area contributed by atoms with Gasteiger partial charge in [0.25, 0.3) is 0 Å². The molecule has 1 aliphatic heterocycles. The largest absolute Gasteiger partial charge is 0.325 e. The van der Waals surface area contributed by atoms with Crippen LogP contribution in [0.2, 0.25) is 0 Å². The first-order valence-corrected chi connectivity index (χ1v) is 9.04. The predicted octanol–water partition coefficient (Wildman–Crippen LogP) is 1.22. The Morgan fingerprint density at radius 2 is 2.10 bits per heavy atom. The van der Waals surface area contributed by atoms with Crippen LogP contribution in [0.3, 0.4) is 0 Å². The van der Waals surface area contributed by atoms with E-state index in [0.717, 1.165) is 19.5 Å². The summed E-state index contributed by atoms with van der Waals surface area (Å²) >= 11 is 3.26. The number of anilines is 1. The monoisotopic (exact) mass is 375 g/mol.